The Kier molecular flexibility index (Phi) is 5.68. The topological polar surface area (TPSA) is 101 Å². The lowest BCUT2D eigenvalue weighted by Gasteiger charge is -2.15. The summed E-state index contributed by atoms with van der Waals surface area (Å²) in [5.74, 6) is -0.867. The predicted octanol–water partition coefficient (Wildman–Crippen LogP) is 0.847. The van der Waals surface area contributed by atoms with Crippen LogP contribution in [0.5, 0.6) is 0 Å². The van der Waals surface area contributed by atoms with Crippen molar-refractivity contribution >= 4 is 21.6 Å². The van der Waals surface area contributed by atoms with E-state index in [4.69, 9.17) is 5.73 Å². The van der Waals surface area contributed by atoms with Gasteiger partial charge in [0.15, 0.2) is 0 Å². The number of rotatable bonds is 6. The maximum Gasteiger partial charge on any atom is 0.241 e. The minimum absolute atomic E-state index is 0.190. The SMILES string of the molecule is CC(C)CNC(=O)C(C)NS(=O)(=O)c1ccc(F)c(N)c1. The van der Waals surface area contributed by atoms with Gasteiger partial charge in [0.1, 0.15) is 5.82 Å². The van der Waals surface area contributed by atoms with E-state index in [0.717, 1.165) is 18.2 Å². The number of hydrogen-bond acceptors (Lipinski definition) is 4. The average molecular weight is 317 g/mol. The number of carbonyl (C=O) groups excluding carboxylic acids is 1. The van der Waals surface area contributed by atoms with Gasteiger partial charge in [-0.3, -0.25) is 4.79 Å². The van der Waals surface area contributed by atoms with E-state index in [0.29, 0.717) is 6.54 Å². The molecule has 1 aromatic rings. The Bertz CT molecular complexity index is 617. The molecule has 0 aliphatic rings. The lowest BCUT2D eigenvalue weighted by Crippen LogP contribution is -2.45. The normalized spacial score (nSPS) is 13.2. The van der Waals surface area contributed by atoms with Crippen LogP contribution in [0.3, 0.4) is 0 Å². The van der Waals surface area contributed by atoms with Crippen LogP contribution in [0.4, 0.5) is 10.1 Å². The van der Waals surface area contributed by atoms with Crippen molar-refractivity contribution in [1.82, 2.24) is 10.0 Å². The summed E-state index contributed by atoms with van der Waals surface area (Å²) in [5, 5.41) is 2.63. The molecular weight excluding hydrogens is 297 g/mol. The molecule has 0 fully saturated rings. The third-order valence-corrected chi connectivity index (χ3v) is 4.23. The Labute approximate surface area is 124 Å². The third kappa shape index (κ3) is 4.98. The van der Waals surface area contributed by atoms with Gasteiger partial charge in [0, 0.05) is 6.54 Å². The number of amides is 1. The lowest BCUT2D eigenvalue weighted by atomic mass is 10.2. The fourth-order valence-corrected chi connectivity index (χ4v) is 2.74. The molecule has 0 saturated heterocycles. The monoisotopic (exact) mass is 317 g/mol. The number of benzene rings is 1. The zero-order valence-corrected chi connectivity index (χ0v) is 13.0. The number of carbonyl (C=O) groups is 1. The quantitative estimate of drug-likeness (QED) is 0.677. The van der Waals surface area contributed by atoms with Gasteiger partial charge in [0.2, 0.25) is 15.9 Å². The van der Waals surface area contributed by atoms with E-state index in [9.17, 15) is 17.6 Å². The second-order valence-electron chi connectivity index (χ2n) is 5.17. The maximum atomic E-state index is 13.0. The van der Waals surface area contributed by atoms with Crippen LogP contribution in [0, 0.1) is 11.7 Å². The van der Waals surface area contributed by atoms with E-state index < -0.39 is 27.8 Å². The van der Waals surface area contributed by atoms with Crippen LogP contribution >= 0.6 is 0 Å². The van der Waals surface area contributed by atoms with Crippen molar-refractivity contribution in [3.63, 3.8) is 0 Å². The van der Waals surface area contributed by atoms with Gasteiger partial charge in [-0.1, -0.05) is 13.8 Å². The van der Waals surface area contributed by atoms with Crippen LogP contribution in [0.25, 0.3) is 0 Å². The number of anilines is 1. The number of halogens is 1. The molecule has 118 valence electrons. The highest BCUT2D eigenvalue weighted by Crippen LogP contribution is 2.16. The number of sulfonamides is 1. The summed E-state index contributed by atoms with van der Waals surface area (Å²) in [6, 6.07) is 2.12. The molecule has 0 aliphatic heterocycles. The third-order valence-electron chi connectivity index (χ3n) is 2.69. The van der Waals surface area contributed by atoms with E-state index in [1.165, 1.54) is 6.92 Å². The van der Waals surface area contributed by atoms with Gasteiger partial charge < -0.3 is 11.1 Å². The second-order valence-corrected chi connectivity index (χ2v) is 6.88. The molecule has 0 spiro atoms. The van der Waals surface area contributed by atoms with Crippen molar-refractivity contribution in [3.05, 3.63) is 24.0 Å². The number of nitrogens with two attached hydrogens (primary N) is 1. The molecule has 1 amide bonds. The van der Waals surface area contributed by atoms with Gasteiger partial charge in [-0.05, 0) is 31.0 Å². The molecule has 0 heterocycles. The summed E-state index contributed by atoms with van der Waals surface area (Å²) in [5.41, 5.74) is 5.07. The van der Waals surface area contributed by atoms with Crippen LogP contribution < -0.4 is 15.8 Å². The van der Waals surface area contributed by atoms with Gasteiger partial charge in [-0.15, -0.1) is 0 Å². The van der Waals surface area contributed by atoms with Crippen LogP contribution in [-0.2, 0) is 14.8 Å². The highest BCUT2D eigenvalue weighted by molar-refractivity contribution is 7.89. The summed E-state index contributed by atoms with van der Waals surface area (Å²) >= 11 is 0. The van der Waals surface area contributed by atoms with Gasteiger partial charge >= 0.3 is 0 Å². The minimum atomic E-state index is -3.94. The highest BCUT2D eigenvalue weighted by Gasteiger charge is 2.22. The molecule has 8 heteroatoms. The molecule has 1 unspecified atom stereocenters. The van der Waals surface area contributed by atoms with E-state index in [1.807, 2.05) is 13.8 Å². The number of hydrogen-bond donors (Lipinski definition) is 3. The van der Waals surface area contributed by atoms with E-state index in [1.54, 1.807) is 0 Å². The first kappa shape index (κ1) is 17.4. The molecule has 0 aromatic heterocycles. The van der Waals surface area contributed by atoms with Crippen molar-refractivity contribution in [1.29, 1.82) is 0 Å². The summed E-state index contributed by atoms with van der Waals surface area (Å²) in [4.78, 5) is 11.6. The first-order chi connectivity index (χ1) is 9.63. The molecule has 1 atom stereocenters. The van der Waals surface area contributed by atoms with Crippen molar-refractivity contribution in [2.45, 2.75) is 31.7 Å². The molecule has 21 heavy (non-hydrogen) atoms. The van der Waals surface area contributed by atoms with Gasteiger partial charge in [0.05, 0.1) is 16.6 Å². The summed E-state index contributed by atoms with van der Waals surface area (Å²) in [7, 11) is -3.94. The number of nitrogen functional groups attached to an aromatic ring is 1. The van der Waals surface area contributed by atoms with Gasteiger partial charge in [-0.2, -0.15) is 4.72 Å². The summed E-state index contributed by atoms with van der Waals surface area (Å²) in [6.45, 7) is 5.74. The summed E-state index contributed by atoms with van der Waals surface area (Å²) in [6.07, 6.45) is 0. The molecular formula is C13H20FN3O3S. The Morgan fingerprint density at radius 3 is 2.48 bits per heavy atom. The zero-order valence-electron chi connectivity index (χ0n) is 12.2. The van der Waals surface area contributed by atoms with Crippen molar-refractivity contribution < 1.29 is 17.6 Å². The average Bonchev–Trinajstić information content (AvgIpc) is 2.38. The molecule has 0 aliphatic carbocycles. The van der Waals surface area contributed by atoms with E-state index >= 15 is 0 Å². The maximum absolute atomic E-state index is 13.0. The molecule has 0 bridgehead atoms. The Morgan fingerprint density at radius 2 is 1.95 bits per heavy atom. The minimum Gasteiger partial charge on any atom is -0.396 e. The largest absolute Gasteiger partial charge is 0.396 e. The lowest BCUT2D eigenvalue weighted by molar-refractivity contribution is -0.122. The number of nitrogens with one attached hydrogen (secondary N) is 2. The Morgan fingerprint density at radius 1 is 1.33 bits per heavy atom. The molecule has 1 rings (SSSR count). The first-order valence-corrected chi connectivity index (χ1v) is 7.97. The smallest absolute Gasteiger partial charge is 0.241 e. The fourth-order valence-electron chi connectivity index (χ4n) is 1.50. The molecule has 0 saturated carbocycles. The first-order valence-electron chi connectivity index (χ1n) is 6.48. The van der Waals surface area contributed by atoms with Crippen LogP contribution in [-0.4, -0.2) is 26.9 Å². The highest BCUT2D eigenvalue weighted by atomic mass is 32.2. The van der Waals surface area contributed by atoms with Crippen molar-refractivity contribution in [2.75, 3.05) is 12.3 Å². The fraction of sp³-hybridized carbons (Fsp3) is 0.462. The van der Waals surface area contributed by atoms with Crippen LogP contribution in [0.1, 0.15) is 20.8 Å². The van der Waals surface area contributed by atoms with E-state index in [2.05, 4.69) is 10.0 Å². The molecule has 1 aromatic carbocycles. The predicted molar refractivity (Wildman–Crippen MR) is 78.4 cm³/mol. The second kappa shape index (κ2) is 6.86. The van der Waals surface area contributed by atoms with E-state index in [-0.39, 0.29) is 16.5 Å². The zero-order chi connectivity index (χ0) is 16.2. The van der Waals surface area contributed by atoms with Crippen molar-refractivity contribution in [2.24, 2.45) is 5.92 Å². The molecule has 6 nitrogen and oxygen atoms in total. The van der Waals surface area contributed by atoms with Gasteiger partial charge in [0.25, 0.3) is 0 Å². The Hall–Kier alpha value is -1.67. The summed E-state index contributed by atoms with van der Waals surface area (Å²) < 4.78 is 39.4. The van der Waals surface area contributed by atoms with Crippen LogP contribution in [0.2, 0.25) is 0 Å². The van der Waals surface area contributed by atoms with Crippen molar-refractivity contribution in [3.8, 4) is 0 Å². The van der Waals surface area contributed by atoms with Gasteiger partial charge in [-0.25, -0.2) is 12.8 Å². The van der Waals surface area contributed by atoms with Crippen LogP contribution in [0.15, 0.2) is 23.1 Å². The molecule has 4 N–H and O–H groups in total. The standard InChI is InChI=1S/C13H20FN3O3S/c1-8(2)7-16-13(18)9(3)17-21(19,20)10-4-5-11(14)12(15)6-10/h4-6,8-9,17H,7,15H2,1-3H3,(H,16,18). The molecule has 0 radical (unpaired) electrons. The Balaban J connectivity index is 2.80.